The van der Waals surface area contributed by atoms with Gasteiger partial charge in [-0.3, -0.25) is 4.79 Å². The van der Waals surface area contributed by atoms with E-state index in [1.54, 1.807) is 6.33 Å². The van der Waals surface area contributed by atoms with E-state index in [0.717, 1.165) is 48.8 Å². The van der Waals surface area contributed by atoms with Crippen LogP contribution in [0, 0.1) is 19.8 Å². The first kappa shape index (κ1) is 19.7. The van der Waals surface area contributed by atoms with E-state index in [1.165, 1.54) is 24.8 Å². The largest absolute Gasteiger partial charge is 0.367 e. The van der Waals surface area contributed by atoms with Crippen molar-refractivity contribution in [3.8, 4) is 0 Å². The number of aromatic nitrogens is 2. The molecule has 29 heavy (non-hydrogen) atoms. The van der Waals surface area contributed by atoms with Crippen LogP contribution >= 0.6 is 0 Å². The summed E-state index contributed by atoms with van der Waals surface area (Å²) in [6.45, 7) is 6.08. The maximum absolute atomic E-state index is 12.4. The molecule has 1 aliphatic heterocycles. The van der Waals surface area contributed by atoms with Gasteiger partial charge in [0, 0.05) is 37.3 Å². The Balaban J connectivity index is 1.29. The van der Waals surface area contributed by atoms with Crippen LogP contribution in [0.2, 0.25) is 0 Å². The van der Waals surface area contributed by atoms with Crippen molar-refractivity contribution >= 4 is 23.2 Å². The minimum absolute atomic E-state index is 0.104. The zero-order valence-electron chi connectivity index (χ0n) is 17.4. The van der Waals surface area contributed by atoms with Crippen molar-refractivity contribution in [3.63, 3.8) is 0 Å². The zero-order chi connectivity index (χ0) is 20.2. The summed E-state index contributed by atoms with van der Waals surface area (Å²) >= 11 is 0. The van der Waals surface area contributed by atoms with Crippen LogP contribution in [0.1, 0.15) is 49.7 Å². The fraction of sp³-hybridized carbons (Fsp3) is 0.522. The highest BCUT2D eigenvalue weighted by molar-refractivity contribution is 5.91. The number of anilines is 3. The molecular formula is C23H31N5O. The molecule has 2 aliphatic rings. The summed E-state index contributed by atoms with van der Waals surface area (Å²) in [5, 5.41) is 6.52. The van der Waals surface area contributed by atoms with Gasteiger partial charge in [0.15, 0.2) is 0 Å². The molecule has 2 aromatic rings. The molecule has 1 saturated carbocycles. The number of rotatable bonds is 7. The van der Waals surface area contributed by atoms with E-state index in [2.05, 4.69) is 44.6 Å². The molecule has 2 fully saturated rings. The van der Waals surface area contributed by atoms with E-state index in [4.69, 9.17) is 0 Å². The van der Waals surface area contributed by atoms with Gasteiger partial charge in [-0.25, -0.2) is 9.97 Å². The molecule has 1 aromatic heterocycles. The van der Waals surface area contributed by atoms with Crippen LogP contribution in [-0.2, 0) is 4.79 Å². The van der Waals surface area contributed by atoms with Crippen molar-refractivity contribution in [1.82, 2.24) is 9.97 Å². The second-order valence-corrected chi connectivity index (χ2v) is 8.54. The normalized spacial score (nSPS) is 19.1. The molecule has 1 amide bonds. The summed E-state index contributed by atoms with van der Waals surface area (Å²) in [4.78, 5) is 23.6. The highest BCUT2D eigenvalue weighted by atomic mass is 16.1. The van der Waals surface area contributed by atoms with Crippen molar-refractivity contribution in [3.05, 3.63) is 41.7 Å². The van der Waals surface area contributed by atoms with Gasteiger partial charge in [-0.2, -0.15) is 0 Å². The molecule has 154 valence electrons. The number of hydrogen-bond acceptors (Lipinski definition) is 5. The molecule has 2 heterocycles. The maximum Gasteiger partial charge on any atom is 0.224 e. The van der Waals surface area contributed by atoms with E-state index >= 15 is 0 Å². The third-order valence-corrected chi connectivity index (χ3v) is 5.86. The van der Waals surface area contributed by atoms with Gasteiger partial charge in [0.1, 0.15) is 18.0 Å². The van der Waals surface area contributed by atoms with Crippen LogP contribution in [0.3, 0.4) is 0 Å². The summed E-state index contributed by atoms with van der Waals surface area (Å²) in [5.41, 5.74) is 3.24. The van der Waals surface area contributed by atoms with Crippen molar-refractivity contribution in [2.45, 2.75) is 58.4 Å². The Bertz CT molecular complexity index is 864. The van der Waals surface area contributed by atoms with Crippen molar-refractivity contribution < 1.29 is 4.79 Å². The molecule has 6 heteroatoms. The van der Waals surface area contributed by atoms with Crippen LogP contribution in [0.4, 0.5) is 17.3 Å². The van der Waals surface area contributed by atoms with E-state index in [9.17, 15) is 4.79 Å². The first-order chi connectivity index (χ1) is 14.1. The number of hydrogen-bond donors (Lipinski definition) is 2. The van der Waals surface area contributed by atoms with E-state index in [-0.39, 0.29) is 5.91 Å². The third kappa shape index (κ3) is 5.46. The van der Waals surface area contributed by atoms with Gasteiger partial charge in [-0.1, -0.05) is 17.7 Å². The van der Waals surface area contributed by atoms with Gasteiger partial charge in [0.05, 0.1) is 0 Å². The van der Waals surface area contributed by atoms with Gasteiger partial charge in [0.2, 0.25) is 5.91 Å². The number of carbonyl (C=O) groups is 1. The van der Waals surface area contributed by atoms with Gasteiger partial charge in [-0.05, 0) is 63.5 Å². The Kier molecular flexibility index (Phi) is 5.97. The molecule has 0 unspecified atom stereocenters. The second kappa shape index (κ2) is 8.80. The maximum atomic E-state index is 12.4. The van der Waals surface area contributed by atoms with E-state index in [0.29, 0.717) is 18.4 Å². The second-order valence-electron chi connectivity index (χ2n) is 8.54. The van der Waals surface area contributed by atoms with E-state index in [1.807, 2.05) is 19.1 Å². The van der Waals surface area contributed by atoms with Crippen LogP contribution in [0.15, 0.2) is 30.6 Å². The molecule has 4 rings (SSSR count). The Morgan fingerprint density at radius 1 is 1.17 bits per heavy atom. The summed E-state index contributed by atoms with van der Waals surface area (Å²) in [5.74, 6) is 2.54. The van der Waals surface area contributed by atoms with Crippen molar-refractivity contribution in [2.24, 2.45) is 5.92 Å². The molecule has 1 saturated heterocycles. The van der Waals surface area contributed by atoms with Gasteiger partial charge in [0.25, 0.3) is 0 Å². The molecule has 1 aliphatic carbocycles. The minimum atomic E-state index is 0.104. The van der Waals surface area contributed by atoms with Gasteiger partial charge >= 0.3 is 0 Å². The Labute approximate surface area is 173 Å². The SMILES string of the molecule is Cc1ccc(NC(=O)CC[C@H]2CCCN(c3cc(NC4CC4)ncn3)C2)c(C)c1. The highest BCUT2D eigenvalue weighted by Crippen LogP contribution is 2.28. The lowest BCUT2D eigenvalue weighted by atomic mass is 9.93. The average Bonchev–Trinajstić information content (AvgIpc) is 3.53. The van der Waals surface area contributed by atoms with Crippen LogP contribution < -0.4 is 15.5 Å². The standard InChI is InChI=1S/C23H31N5O/c1-16-5-9-20(17(2)12-16)27-23(29)10-6-18-4-3-11-28(14-18)22-13-21(24-15-25-22)26-19-7-8-19/h5,9,12-13,15,18-19H,3-4,6-8,10-11,14H2,1-2H3,(H,27,29)(H,24,25,26)/t18-/m1/s1. The average molecular weight is 394 g/mol. The molecule has 1 aromatic carbocycles. The minimum Gasteiger partial charge on any atom is -0.367 e. The summed E-state index contributed by atoms with van der Waals surface area (Å²) in [6, 6.07) is 8.78. The van der Waals surface area contributed by atoms with Gasteiger partial charge in [-0.15, -0.1) is 0 Å². The lowest BCUT2D eigenvalue weighted by molar-refractivity contribution is -0.116. The number of nitrogens with zero attached hydrogens (tertiary/aromatic N) is 3. The Morgan fingerprint density at radius 2 is 2.03 bits per heavy atom. The number of aryl methyl sites for hydroxylation is 2. The quantitative estimate of drug-likeness (QED) is 0.734. The number of nitrogens with one attached hydrogen (secondary N) is 2. The lowest BCUT2D eigenvalue weighted by Crippen LogP contribution is -2.36. The summed E-state index contributed by atoms with van der Waals surface area (Å²) in [7, 11) is 0. The van der Waals surface area contributed by atoms with Crippen LogP contribution in [0.25, 0.3) is 0 Å². The van der Waals surface area contributed by atoms with Crippen LogP contribution in [-0.4, -0.2) is 35.0 Å². The first-order valence-corrected chi connectivity index (χ1v) is 10.8. The topological polar surface area (TPSA) is 70.2 Å². The Morgan fingerprint density at radius 3 is 2.83 bits per heavy atom. The van der Waals surface area contributed by atoms with Crippen molar-refractivity contribution in [1.29, 1.82) is 0 Å². The highest BCUT2D eigenvalue weighted by Gasteiger charge is 2.24. The van der Waals surface area contributed by atoms with E-state index < -0.39 is 0 Å². The molecule has 0 spiro atoms. The molecule has 6 nitrogen and oxygen atoms in total. The lowest BCUT2D eigenvalue weighted by Gasteiger charge is -2.33. The monoisotopic (exact) mass is 393 g/mol. The summed E-state index contributed by atoms with van der Waals surface area (Å²) in [6.07, 6.45) is 7.89. The molecule has 0 radical (unpaired) electrons. The van der Waals surface area contributed by atoms with Gasteiger partial charge < -0.3 is 15.5 Å². The first-order valence-electron chi connectivity index (χ1n) is 10.8. The predicted molar refractivity (Wildman–Crippen MR) is 117 cm³/mol. The molecule has 2 N–H and O–H groups in total. The number of benzene rings is 1. The number of amides is 1. The van der Waals surface area contributed by atoms with Crippen molar-refractivity contribution in [2.75, 3.05) is 28.6 Å². The number of piperidine rings is 1. The third-order valence-electron chi connectivity index (χ3n) is 5.86. The smallest absolute Gasteiger partial charge is 0.224 e. The fourth-order valence-electron chi connectivity index (χ4n) is 4.05. The summed E-state index contributed by atoms with van der Waals surface area (Å²) < 4.78 is 0. The molecule has 0 bridgehead atoms. The predicted octanol–water partition coefficient (Wildman–Crippen LogP) is 4.30. The fourth-order valence-corrected chi connectivity index (χ4v) is 4.05. The Hall–Kier alpha value is -2.63. The zero-order valence-corrected chi connectivity index (χ0v) is 17.4. The number of carbonyl (C=O) groups excluding carboxylic acids is 1. The van der Waals surface area contributed by atoms with Crippen LogP contribution in [0.5, 0.6) is 0 Å². The molecule has 1 atom stereocenters. The molecular weight excluding hydrogens is 362 g/mol.